The molecule has 5 nitrogen and oxygen atoms in total. The Bertz CT molecular complexity index is 828. The van der Waals surface area contributed by atoms with Crippen LogP contribution in [-0.2, 0) is 0 Å². The van der Waals surface area contributed by atoms with E-state index in [2.05, 4.69) is 15.1 Å². The molecule has 0 bridgehead atoms. The van der Waals surface area contributed by atoms with Crippen LogP contribution < -0.4 is 0 Å². The quantitative estimate of drug-likeness (QED) is 0.691. The lowest BCUT2D eigenvalue weighted by atomic mass is 10.2. The van der Waals surface area contributed by atoms with Crippen LogP contribution in [0.2, 0.25) is 10.3 Å². The highest BCUT2D eigenvalue weighted by molar-refractivity contribution is 6.32. The second kappa shape index (κ2) is 4.85. The number of carbonyl (C=O) groups is 1. The summed E-state index contributed by atoms with van der Waals surface area (Å²) in [4.78, 5) is 20.3. The average molecular weight is 307 g/mol. The molecule has 3 rings (SSSR count). The third kappa shape index (κ3) is 2.15. The molecule has 2 aromatic heterocycles. The molecule has 0 N–H and O–H groups in total. The van der Waals surface area contributed by atoms with Crippen molar-refractivity contribution in [2.45, 2.75) is 6.92 Å². The molecule has 0 unspecified atom stereocenters. The number of para-hydroxylation sites is 2. The number of hydrogen-bond acceptors (Lipinski definition) is 4. The van der Waals surface area contributed by atoms with E-state index in [-0.39, 0.29) is 16.2 Å². The van der Waals surface area contributed by atoms with Gasteiger partial charge in [0.15, 0.2) is 10.3 Å². The third-order valence-electron chi connectivity index (χ3n) is 2.75. The van der Waals surface area contributed by atoms with E-state index in [1.807, 2.05) is 24.3 Å². The fraction of sp³-hybridized carbons (Fsp3) is 0.0769. The van der Waals surface area contributed by atoms with E-state index >= 15 is 0 Å². The fourth-order valence-electron chi connectivity index (χ4n) is 1.90. The average Bonchev–Trinajstić information content (AvgIpc) is 2.80. The van der Waals surface area contributed by atoms with E-state index in [9.17, 15) is 4.79 Å². The zero-order valence-corrected chi connectivity index (χ0v) is 11.9. The molecule has 0 radical (unpaired) electrons. The van der Waals surface area contributed by atoms with E-state index in [1.165, 1.54) is 13.0 Å². The maximum Gasteiger partial charge on any atom is 0.244 e. The summed E-state index contributed by atoms with van der Waals surface area (Å²) >= 11 is 12.0. The van der Waals surface area contributed by atoms with Crippen molar-refractivity contribution in [1.29, 1.82) is 0 Å². The predicted octanol–water partition coefficient (Wildman–Crippen LogP) is 3.46. The number of hydrogen-bond donors (Lipinski definition) is 0. The lowest BCUT2D eigenvalue weighted by Crippen LogP contribution is -2.10. The van der Waals surface area contributed by atoms with Gasteiger partial charge in [-0.1, -0.05) is 35.3 Å². The Labute approximate surface area is 124 Å². The first-order chi connectivity index (χ1) is 9.56. The van der Waals surface area contributed by atoms with Crippen molar-refractivity contribution >= 4 is 40.1 Å². The minimum Gasteiger partial charge on any atom is -0.273 e. The van der Waals surface area contributed by atoms with Gasteiger partial charge in [0.05, 0.1) is 11.0 Å². The number of carbonyl (C=O) groups excluding carboxylic acids is 1. The van der Waals surface area contributed by atoms with Crippen LogP contribution in [0.4, 0.5) is 0 Å². The van der Waals surface area contributed by atoms with Gasteiger partial charge in [-0.25, -0.2) is 9.97 Å². The summed E-state index contributed by atoms with van der Waals surface area (Å²) in [6, 6.07) is 8.87. The summed E-state index contributed by atoms with van der Waals surface area (Å²) < 4.78 is 1.16. The van der Waals surface area contributed by atoms with Crippen LogP contribution in [0.5, 0.6) is 0 Å². The second-order valence-electron chi connectivity index (χ2n) is 4.13. The lowest BCUT2D eigenvalue weighted by Gasteiger charge is -2.06. The lowest BCUT2D eigenvalue weighted by molar-refractivity contribution is 0.0923. The molecule has 3 aromatic rings. The molecule has 1 aromatic carbocycles. The predicted molar refractivity (Wildman–Crippen MR) is 77.1 cm³/mol. The highest BCUT2D eigenvalue weighted by Gasteiger charge is 2.17. The van der Waals surface area contributed by atoms with Gasteiger partial charge in [-0.05, 0) is 12.1 Å². The fourth-order valence-corrected chi connectivity index (χ4v) is 2.31. The molecule has 0 atom stereocenters. The summed E-state index contributed by atoms with van der Waals surface area (Å²) in [6.07, 6.45) is 0. The van der Waals surface area contributed by atoms with E-state index in [4.69, 9.17) is 23.2 Å². The Morgan fingerprint density at radius 2 is 1.80 bits per heavy atom. The number of fused-ring (bicyclic) bond motifs is 1. The van der Waals surface area contributed by atoms with E-state index < -0.39 is 0 Å². The van der Waals surface area contributed by atoms with Gasteiger partial charge in [-0.15, -0.1) is 0 Å². The number of nitrogens with zero attached hydrogens (tertiary/aromatic N) is 4. The van der Waals surface area contributed by atoms with Crippen molar-refractivity contribution in [3.63, 3.8) is 0 Å². The SMILES string of the molecule is CC(=O)n1nc(Cl)cc1-c1nc2ccccc2nc1Cl. The van der Waals surface area contributed by atoms with Crippen LogP contribution in [-0.4, -0.2) is 25.7 Å². The van der Waals surface area contributed by atoms with E-state index in [1.54, 1.807) is 0 Å². The second-order valence-corrected chi connectivity index (χ2v) is 4.88. The molecule has 100 valence electrons. The molecule has 0 aliphatic carbocycles. The Hall–Kier alpha value is -1.98. The van der Waals surface area contributed by atoms with Crippen molar-refractivity contribution in [3.05, 3.63) is 40.6 Å². The molecule has 0 fully saturated rings. The van der Waals surface area contributed by atoms with Gasteiger partial charge in [0.1, 0.15) is 11.4 Å². The Kier molecular flexibility index (Phi) is 3.16. The number of rotatable bonds is 1. The minimum atomic E-state index is -0.280. The van der Waals surface area contributed by atoms with Gasteiger partial charge < -0.3 is 0 Å². The molecule has 0 aliphatic heterocycles. The molecule has 7 heteroatoms. The summed E-state index contributed by atoms with van der Waals surface area (Å²) in [6.45, 7) is 1.38. The van der Waals surface area contributed by atoms with Crippen molar-refractivity contribution in [2.75, 3.05) is 0 Å². The molecule has 0 saturated carbocycles. The molecule has 2 heterocycles. The maximum atomic E-state index is 11.6. The normalized spacial score (nSPS) is 10.9. The summed E-state index contributed by atoms with van der Waals surface area (Å²) in [5.74, 6) is -0.280. The van der Waals surface area contributed by atoms with Crippen LogP contribution >= 0.6 is 23.2 Å². The van der Waals surface area contributed by atoms with E-state index in [0.29, 0.717) is 22.4 Å². The standard InChI is InChI=1S/C13H8Cl2N4O/c1-7(20)19-10(6-11(14)18-19)12-13(15)17-9-5-3-2-4-8(9)16-12/h2-6H,1H3. The van der Waals surface area contributed by atoms with Crippen LogP contribution in [0.15, 0.2) is 30.3 Å². The Balaban J connectivity index is 2.29. The minimum absolute atomic E-state index is 0.196. The van der Waals surface area contributed by atoms with Crippen molar-refractivity contribution in [1.82, 2.24) is 19.7 Å². The molecular weight excluding hydrogens is 299 g/mol. The first kappa shape index (κ1) is 13.0. The number of aromatic nitrogens is 4. The monoisotopic (exact) mass is 306 g/mol. The van der Waals surface area contributed by atoms with Gasteiger partial charge in [0.25, 0.3) is 0 Å². The molecule has 0 spiro atoms. The smallest absolute Gasteiger partial charge is 0.244 e. The van der Waals surface area contributed by atoms with Gasteiger partial charge in [0, 0.05) is 13.0 Å². The zero-order chi connectivity index (χ0) is 14.3. The first-order valence-corrected chi connectivity index (χ1v) is 6.51. The highest BCUT2D eigenvalue weighted by Crippen LogP contribution is 2.28. The topological polar surface area (TPSA) is 60.7 Å². The summed E-state index contributed by atoms with van der Waals surface area (Å²) in [7, 11) is 0. The molecular formula is C13H8Cl2N4O. The van der Waals surface area contributed by atoms with Crippen molar-refractivity contribution < 1.29 is 4.79 Å². The highest BCUT2D eigenvalue weighted by atomic mass is 35.5. The van der Waals surface area contributed by atoms with E-state index in [0.717, 1.165) is 4.68 Å². The number of halogens is 2. The maximum absolute atomic E-state index is 11.6. The van der Waals surface area contributed by atoms with Gasteiger partial charge in [-0.2, -0.15) is 9.78 Å². The molecule has 0 amide bonds. The van der Waals surface area contributed by atoms with Gasteiger partial charge >= 0.3 is 0 Å². The molecule has 0 saturated heterocycles. The van der Waals surface area contributed by atoms with Crippen LogP contribution in [0.3, 0.4) is 0 Å². The summed E-state index contributed by atoms with van der Waals surface area (Å²) in [5, 5.41) is 4.31. The Morgan fingerprint density at radius 3 is 2.45 bits per heavy atom. The molecule has 20 heavy (non-hydrogen) atoms. The third-order valence-corrected chi connectivity index (χ3v) is 3.20. The van der Waals surface area contributed by atoms with Crippen LogP contribution in [0.1, 0.15) is 11.7 Å². The van der Waals surface area contributed by atoms with Crippen LogP contribution in [0, 0.1) is 0 Å². The van der Waals surface area contributed by atoms with Gasteiger partial charge in [0.2, 0.25) is 5.91 Å². The van der Waals surface area contributed by atoms with Crippen LogP contribution in [0.25, 0.3) is 22.4 Å². The van der Waals surface area contributed by atoms with Crippen molar-refractivity contribution in [3.8, 4) is 11.4 Å². The Morgan fingerprint density at radius 1 is 1.15 bits per heavy atom. The largest absolute Gasteiger partial charge is 0.273 e. The molecule has 0 aliphatic rings. The first-order valence-electron chi connectivity index (χ1n) is 5.75. The van der Waals surface area contributed by atoms with Gasteiger partial charge in [-0.3, -0.25) is 4.79 Å². The number of benzene rings is 1. The van der Waals surface area contributed by atoms with Crippen molar-refractivity contribution in [2.24, 2.45) is 0 Å². The summed E-state index contributed by atoms with van der Waals surface area (Å²) in [5.41, 5.74) is 2.16. The zero-order valence-electron chi connectivity index (χ0n) is 10.3.